The lowest BCUT2D eigenvalue weighted by atomic mass is 9.81. The van der Waals surface area contributed by atoms with Gasteiger partial charge in [0, 0.05) is 26.2 Å². The first-order valence-corrected chi connectivity index (χ1v) is 11.9. The third kappa shape index (κ3) is 6.35. The lowest BCUT2D eigenvalue weighted by Gasteiger charge is -2.32. The molecule has 0 aliphatic heterocycles. The van der Waals surface area contributed by atoms with Crippen LogP contribution in [0.2, 0.25) is 0 Å². The molecule has 0 spiro atoms. The molecule has 0 atom stereocenters. The van der Waals surface area contributed by atoms with Gasteiger partial charge in [0.15, 0.2) is 0 Å². The number of aliphatic hydroxyl groups is 1. The van der Waals surface area contributed by atoms with Crippen LogP contribution in [0, 0.1) is 6.92 Å². The molecule has 2 aromatic carbocycles. The van der Waals surface area contributed by atoms with Gasteiger partial charge in [-0.3, -0.25) is 4.79 Å². The smallest absolute Gasteiger partial charge is 0.395 e. The Balaban J connectivity index is 2.15. The van der Waals surface area contributed by atoms with Crippen LogP contribution in [0.3, 0.4) is 0 Å². The van der Waals surface area contributed by atoms with Crippen molar-refractivity contribution in [2.24, 2.45) is 0 Å². The van der Waals surface area contributed by atoms with Crippen molar-refractivity contribution < 1.29 is 36.2 Å². The number of hydrogen-bond donors (Lipinski definition) is 1. The summed E-state index contributed by atoms with van der Waals surface area (Å²) in [6.45, 7) is 4.60. The van der Waals surface area contributed by atoms with Crippen LogP contribution >= 0.6 is 0 Å². The van der Waals surface area contributed by atoms with Crippen LogP contribution in [0.25, 0.3) is 11.1 Å². The fourth-order valence-corrected chi connectivity index (χ4v) is 4.24. The number of rotatable bonds is 7. The van der Waals surface area contributed by atoms with Gasteiger partial charge in [-0.05, 0) is 61.7 Å². The topological polar surface area (TPSA) is 56.7 Å². The van der Waals surface area contributed by atoms with Crippen molar-refractivity contribution in [3.8, 4) is 11.1 Å². The Hall–Kier alpha value is -3.60. The highest BCUT2D eigenvalue weighted by Crippen LogP contribution is 2.41. The monoisotopic (exact) mass is 553 g/mol. The first-order valence-electron chi connectivity index (χ1n) is 11.9. The molecule has 0 aliphatic carbocycles. The second-order valence-corrected chi connectivity index (χ2v) is 9.80. The van der Waals surface area contributed by atoms with Crippen LogP contribution in [0.15, 0.2) is 54.7 Å². The van der Waals surface area contributed by atoms with Crippen molar-refractivity contribution in [3.05, 3.63) is 77.0 Å². The van der Waals surface area contributed by atoms with Crippen molar-refractivity contribution in [2.75, 3.05) is 37.0 Å². The van der Waals surface area contributed by atoms with Crippen molar-refractivity contribution in [2.45, 2.75) is 38.5 Å². The molecular weight excluding hydrogens is 524 g/mol. The van der Waals surface area contributed by atoms with Crippen molar-refractivity contribution in [1.82, 2.24) is 4.98 Å². The Kier molecular flexibility index (Phi) is 8.35. The number of carbonyl (C=O) groups excluding carboxylic acids is 1. The molecule has 0 radical (unpaired) electrons. The standard InChI is InChI=1S/C28H29F6N3O2/c1-17-8-6-7-9-21(17)22-15-24(36(4)10-11-38)35-16-23(22)37(5)25(39)26(2,3)18-12-19(27(29,30)31)14-20(13-18)28(32,33)34/h6-9,12-16,38H,10-11H2,1-5H3. The number of halogens is 6. The second-order valence-electron chi connectivity index (χ2n) is 9.80. The van der Waals surface area contributed by atoms with E-state index in [0.717, 1.165) is 11.1 Å². The Bertz CT molecular complexity index is 1320. The highest BCUT2D eigenvalue weighted by atomic mass is 19.4. The maximum atomic E-state index is 13.8. The third-order valence-electron chi connectivity index (χ3n) is 6.64. The number of aromatic nitrogens is 1. The predicted octanol–water partition coefficient (Wildman–Crippen LogP) is 6.46. The zero-order chi connectivity index (χ0) is 29.3. The van der Waals surface area contributed by atoms with Gasteiger partial charge in [-0.15, -0.1) is 0 Å². The summed E-state index contributed by atoms with van der Waals surface area (Å²) in [5.74, 6) is -0.234. The summed E-state index contributed by atoms with van der Waals surface area (Å²) in [5.41, 5.74) is -2.67. The van der Waals surface area contributed by atoms with Crippen LogP contribution in [0.4, 0.5) is 37.8 Å². The average molecular weight is 554 g/mol. The normalized spacial score (nSPS) is 12.4. The molecule has 0 unspecified atom stereocenters. The summed E-state index contributed by atoms with van der Waals surface area (Å²) in [4.78, 5) is 21.1. The van der Waals surface area contributed by atoms with Crippen LogP contribution in [0.5, 0.6) is 0 Å². The van der Waals surface area contributed by atoms with E-state index in [-0.39, 0.29) is 12.7 Å². The number of carbonyl (C=O) groups is 1. The molecule has 0 bridgehead atoms. The predicted molar refractivity (Wildman–Crippen MR) is 138 cm³/mol. The molecule has 5 nitrogen and oxygen atoms in total. The van der Waals surface area contributed by atoms with Gasteiger partial charge in [0.1, 0.15) is 5.82 Å². The van der Waals surface area contributed by atoms with Gasteiger partial charge >= 0.3 is 12.4 Å². The lowest BCUT2D eigenvalue weighted by Crippen LogP contribution is -2.42. The van der Waals surface area contributed by atoms with E-state index in [2.05, 4.69) is 4.98 Å². The van der Waals surface area contributed by atoms with Crippen LogP contribution in [-0.4, -0.2) is 43.2 Å². The van der Waals surface area contributed by atoms with E-state index in [1.165, 1.54) is 32.0 Å². The molecule has 0 aliphatic rings. The number of hydrogen-bond acceptors (Lipinski definition) is 4. The van der Waals surface area contributed by atoms with E-state index in [9.17, 15) is 36.2 Å². The summed E-state index contributed by atoms with van der Waals surface area (Å²) in [5, 5.41) is 9.32. The molecule has 0 saturated heterocycles. The number of benzene rings is 2. The van der Waals surface area contributed by atoms with Gasteiger partial charge in [0.25, 0.3) is 0 Å². The minimum atomic E-state index is -5.04. The number of anilines is 2. The highest BCUT2D eigenvalue weighted by Gasteiger charge is 2.41. The fraction of sp³-hybridized carbons (Fsp3) is 0.357. The number of amides is 1. The number of alkyl halides is 6. The summed E-state index contributed by atoms with van der Waals surface area (Å²) in [6.07, 6.45) is -8.66. The first kappa shape index (κ1) is 29.9. The molecule has 11 heteroatoms. The average Bonchev–Trinajstić information content (AvgIpc) is 2.86. The zero-order valence-corrected chi connectivity index (χ0v) is 22.1. The van der Waals surface area contributed by atoms with Crippen molar-refractivity contribution >= 4 is 17.4 Å². The minimum absolute atomic E-state index is 0.0373. The molecule has 1 amide bonds. The van der Waals surface area contributed by atoms with Crippen LogP contribution in [0.1, 0.15) is 36.1 Å². The zero-order valence-electron chi connectivity index (χ0n) is 22.1. The summed E-state index contributed by atoms with van der Waals surface area (Å²) >= 11 is 0. The quantitative estimate of drug-likeness (QED) is 0.341. The molecule has 1 N–H and O–H groups in total. The van der Waals surface area contributed by atoms with E-state index < -0.39 is 40.4 Å². The molecule has 0 saturated carbocycles. The highest BCUT2D eigenvalue weighted by molar-refractivity contribution is 6.03. The third-order valence-corrected chi connectivity index (χ3v) is 6.64. The van der Waals surface area contributed by atoms with E-state index in [4.69, 9.17) is 0 Å². The SMILES string of the molecule is Cc1ccccc1-c1cc(N(C)CCO)ncc1N(C)C(=O)C(C)(C)c1cc(C(F)(F)F)cc(C(F)(F)F)c1. The van der Waals surface area contributed by atoms with Gasteiger partial charge in [-0.1, -0.05) is 24.3 Å². The first-order chi connectivity index (χ1) is 18.0. The second kappa shape index (κ2) is 10.9. The Morgan fingerprint density at radius 2 is 1.41 bits per heavy atom. The van der Waals surface area contributed by atoms with Crippen LogP contribution in [-0.2, 0) is 22.6 Å². The molecule has 3 rings (SSSR count). The minimum Gasteiger partial charge on any atom is -0.395 e. The summed E-state index contributed by atoms with van der Waals surface area (Å²) in [7, 11) is 3.13. The molecule has 3 aromatic rings. The molecule has 39 heavy (non-hydrogen) atoms. The van der Waals surface area contributed by atoms with Crippen molar-refractivity contribution in [1.29, 1.82) is 0 Å². The van der Waals surface area contributed by atoms with Gasteiger partial charge in [-0.2, -0.15) is 26.3 Å². The van der Waals surface area contributed by atoms with E-state index in [0.29, 0.717) is 35.7 Å². The van der Waals surface area contributed by atoms with Crippen LogP contribution < -0.4 is 9.80 Å². The summed E-state index contributed by atoms with van der Waals surface area (Å²) < 4.78 is 81.0. The molecule has 0 fully saturated rings. The fourth-order valence-electron chi connectivity index (χ4n) is 4.24. The van der Waals surface area contributed by atoms with Gasteiger partial charge in [-0.25, -0.2) is 4.98 Å². The Labute approximate surface area is 222 Å². The maximum Gasteiger partial charge on any atom is 0.416 e. The molecule has 1 heterocycles. The molecule has 1 aromatic heterocycles. The number of nitrogens with zero attached hydrogens (tertiary/aromatic N) is 3. The number of aryl methyl sites for hydroxylation is 1. The van der Waals surface area contributed by atoms with E-state index in [1.807, 2.05) is 25.1 Å². The van der Waals surface area contributed by atoms with E-state index >= 15 is 0 Å². The summed E-state index contributed by atoms with van der Waals surface area (Å²) in [6, 6.07) is 10.2. The number of aliphatic hydroxyl groups excluding tert-OH is 1. The lowest BCUT2D eigenvalue weighted by molar-refractivity contribution is -0.143. The largest absolute Gasteiger partial charge is 0.416 e. The molecule has 210 valence electrons. The number of likely N-dealkylation sites (N-methyl/N-ethyl adjacent to an activating group) is 2. The Morgan fingerprint density at radius 1 is 0.872 bits per heavy atom. The maximum absolute atomic E-state index is 13.8. The molecular formula is C28H29F6N3O2. The van der Waals surface area contributed by atoms with E-state index in [1.54, 1.807) is 24.1 Å². The van der Waals surface area contributed by atoms with Crippen molar-refractivity contribution in [3.63, 3.8) is 0 Å². The number of pyridine rings is 1. The Morgan fingerprint density at radius 3 is 1.92 bits per heavy atom. The van der Waals surface area contributed by atoms with Gasteiger partial charge in [0.05, 0.1) is 35.0 Å². The van der Waals surface area contributed by atoms with Gasteiger partial charge in [0.2, 0.25) is 5.91 Å². The van der Waals surface area contributed by atoms with Gasteiger partial charge < -0.3 is 14.9 Å².